The molecule has 0 amide bonds. The van der Waals surface area contributed by atoms with Crippen molar-refractivity contribution in [3.05, 3.63) is 213 Å². The van der Waals surface area contributed by atoms with Crippen molar-refractivity contribution in [2.45, 2.75) is 47.7 Å². The first-order valence-electron chi connectivity index (χ1n) is 24.3. The average Bonchev–Trinajstić information content (AvgIpc) is 3.34. The zero-order valence-corrected chi connectivity index (χ0v) is 43.8. The summed E-state index contributed by atoms with van der Waals surface area (Å²) in [6.45, 7) is 13.5. The van der Waals surface area contributed by atoms with Gasteiger partial charge in [0.15, 0.2) is 11.4 Å². The maximum Gasteiger partial charge on any atom is 0.199 e. The van der Waals surface area contributed by atoms with Gasteiger partial charge in [-0.3, -0.25) is 0 Å². The molecule has 0 bridgehead atoms. The Labute approximate surface area is 418 Å². The Hall–Kier alpha value is -7.45. The van der Waals surface area contributed by atoms with E-state index < -0.39 is 5.97 Å². The fraction of sp³-hybridized carbons (Fsp3) is 0.274. The molecule has 362 valence electrons. The van der Waals surface area contributed by atoms with Gasteiger partial charge in [0.25, 0.3) is 0 Å². The summed E-state index contributed by atoms with van der Waals surface area (Å²) in [7, 11) is 16.7. The van der Waals surface area contributed by atoms with Crippen LogP contribution in [-0.2, 0) is 17.9 Å². The summed E-state index contributed by atoms with van der Waals surface area (Å²) >= 11 is 0. The minimum Gasteiger partial charge on any atom is -0.550 e. The maximum absolute atomic E-state index is 8.89. The molecular weight excluding hydrogens is 861 g/mol. The van der Waals surface area contributed by atoms with Crippen molar-refractivity contribution in [3.8, 4) is 0 Å². The van der Waals surface area contributed by atoms with Crippen LogP contribution in [-0.4, -0.2) is 96.0 Å². The highest BCUT2D eigenvalue weighted by Crippen LogP contribution is 2.36. The van der Waals surface area contributed by atoms with Crippen LogP contribution in [0.2, 0.25) is 0 Å². The van der Waals surface area contributed by atoms with Crippen molar-refractivity contribution < 1.29 is 19.1 Å². The van der Waals surface area contributed by atoms with Crippen LogP contribution >= 0.6 is 0 Å². The number of anilines is 4. The van der Waals surface area contributed by atoms with Crippen molar-refractivity contribution in [2.75, 3.05) is 89.1 Å². The van der Waals surface area contributed by atoms with Crippen LogP contribution in [0.1, 0.15) is 65.3 Å². The molecule has 0 spiro atoms. The molecule has 8 heteroatoms. The average molecular weight is 934 g/mol. The molecule has 5 aromatic rings. The summed E-state index contributed by atoms with van der Waals surface area (Å²) in [4.78, 5) is 18.1. The first-order chi connectivity index (χ1) is 33.5. The van der Waals surface area contributed by atoms with Gasteiger partial charge in [0.05, 0.1) is 0 Å². The first-order valence-corrected chi connectivity index (χ1v) is 24.3. The number of carboxylic acids is 1. The van der Waals surface area contributed by atoms with Crippen molar-refractivity contribution in [2.24, 2.45) is 0 Å². The van der Waals surface area contributed by atoms with Gasteiger partial charge in [0.2, 0.25) is 0 Å². The van der Waals surface area contributed by atoms with E-state index in [1.807, 2.05) is 0 Å². The highest BCUT2D eigenvalue weighted by Gasteiger charge is 2.19. The molecule has 0 atom stereocenters. The van der Waals surface area contributed by atoms with Crippen LogP contribution in [0.25, 0.3) is 11.1 Å². The summed E-state index contributed by atoms with van der Waals surface area (Å²) in [6.07, 6.45) is 17.9. The number of rotatable bonds is 14. The molecule has 0 heterocycles. The fourth-order valence-electron chi connectivity index (χ4n) is 8.87. The van der Waals surface area contributed by atoms with E-state index in [4.69, 9.17) is 9.90 Å². The standard InChI is InChI=1S/C60H70N6.C2H4O2/c1-13-65(55-35-37-57(43(3)39-55)59(47-19-27-51(28-20-47)61(5)6)48-21-29-52(30-22-48)62(7)8)41-45-15-17-46(18-16-45)42-66(14-2)56-36-38-58(44(4)40-56)60(49-23-31-53(32-24-49)63(9)10)50-25-33-54(34-26-50)64(11)12;1-2(3)4/h15-40H,13-14,41-42H2,1-12H3;1H3,(H,3,4)/q+2;/p-1. The topological polar surface area (TPSA) is 59.1 Å². The highest BCUT2D eigenvalue weighted by atomic mass is 16.4. The smallest absolute Gasteiger partial charge is 0.199 e. The maximum atomic E-state index is 8.89. The summed E-state index contributed by atoms with van der Waals surface area (Å²) in [6, 6.07) is 41.1. The van der Waals surface area contributed by atoms with Crippen molar-refractivity contribution >= 4 is 51.3 Å². The molecule has 2 aliphatic rings. The largest absolute Gasteiger partial charge is 0.550 e. The lowest BCUT2D eigenvalue weighted by Crippen LogP contribution is -2.23. The summed E-state index contributed by atoms with van der Waals surface area (Å²) < 4.78 is 4.30. The van der Waals surface area contributed by atoms with E-state index in [2.05, 4.69) is 271 Å². The Morgan fingerprint density at radius 2 is 0.771 bits per heavy atom. The summed E-state index contributed by atoms with van der Waals surface area (Å²) in [5.41, 5.74) is 22.2. The molecule has 5 aromatic carbocycles. The van der Waals surface area contributed by atoms with Gasteiger partial charge in [-0.05, 0) is 174 Å². The van der Waals surface area contributed by atoms with Crippen molar-refractivity contribution in [1.29, 1.82) is 0 Å². The molecule has 7 rings (SSSR count). The van der Waals surface area contributed by atoms with E-state index in [9.17, 15) is 0 Å². The molecule has 70 heavy (non-hydrogen) atoms. The van der Waals surface area contributed by atoms with Crippen LogP contribution in [0.3, 0.4) is 0 Å². The normalized spacial score (nSPS) is 12.6. The second-order valence-electron chi connectivity index (χ2n) is 18.9. The van der Waals surface area contributed by atoms with E-state index >= 15 is 0 Å². The summed E-state index contributed by atoms with van der Waals surface area (Å²) in [5, 5.41) is 8.89. The van der Waals surface area contributed by atoms with Gasteiger partial charge in [-0.1, -0.05) is 60.7 Å². The zero-order valence-electron chi connectivity index (χ0n) is 43.8. The number of hydrogen-bond acceptors (Lipinski definition) is 6. The Balaban J connectivity index is 0.00000193. The van der Waals surface area contributed by atoms with E-state index in [1.54, 1.807) is 0 Å². The number of carboxylic acid groups (broad SMARTS) is 1. The lowest BCUT2D eigenvalue weighted by Gasteiger charge is -2.26. The molecule has 0 unspecified atom stereocenters. The third kappa shape index (κ3) is 13.0. The van der Waals surface area contributed by atoms with Gasteiger partial charge < -0.3 is 29.5 Å². The van der Waals surface area contributed by atoms with Crippen molar-refractivity contribution in [3.63, 3.8) is 0 Å². The zero-order chi connectivity index (χ0) is 50.6. The number of aryl methyl sites for hydroxylation is 2. The Morgan fingerprint density at radius 1 is 0.471 bits per heavy atom. The van der Waals surface area contributed by atoms with Gasteiger partial charge in [0, 0.05) is 107 Å². The third-order valence-corrected chi connectivity index (χ3v) is 12.9. The summed E-state index contributed by atoms with van der Waals surface area (Å²) in [5.74, 6) is -1.08. The van der Waals surface area contributed by atoms with E-state index in [1.165, 1.54) is 101 Å². The van der Waals surface area contributed by atoms with Crippen LogP contribution < -0.4 is 24.7 Å². The number of carbonyl (C=O) groups excluding carboxylic acids is 1. The molecular formula is C62H73N6O2+. The van der Waals surface area contributed by atoms with Gasteiger partial charge in [-0.15, -0.1) is 0 Å². The Kier molecular flexibility index (Phi) is 17.6. The van der Waals surface area contributed by atoms with Gasteiger partial charge in [0.1, 0.15) is 28.2 Å². The number of nitrogens with zero attached hydrogens (tertiary/aromatic N) is 6. The molecule has 0 aromatic heterocycles. The third-order valence-electron chi connectivity index (χ3n) is 12.9. The predicted octanol–water partition coefficient (Wildman–Crippen LogP) is 10.5. The highest BCUT2D eigenvalue weighted by molar-refractivity contribution is 6.05. The van der Waals surface area contributed by atoms with Gasteiger partial charge in [-0.2, -0.15) is 0 Å². The lowest BCUT2D eigenvalue weighted by molar-refractivity contribution is -0.462. The fourth-order valence-corrected chi connectivity index (χ4v) is 8.87. The molecule has 2 aliphatic carbocycles. The number of allylic oxidation sites excluding steroid dienone is 10. The molecule has 0 aliphatic heterocycles. The monoisotopic (exact) mass is 934 g/mol. The second kappa shape index (κ2) is 23.7. The first kappa shape index (κ1) is 51.9. The Morgan fingerprint density at radius 3 is 1.03 bits per heavy atom. The quantitative estimate of drug-likeness (QED) is 0.103. The van der Waals surface area contributed by atoms with E-state index in [-0.39, 0.29) is 0 Å². The molecule has 0 N–H and O–H groups in total. The Bertz CT molecular complexity index is 2680. The minimum atomic E-state index is -1.08. The van der Waals surface area contributed by atoms with Crippen molar-refractivity contribution in [1.82, 2.24) is 0 Å². The molecule has 0 saturated heterocycles. The molecule has 0 radical (unpaired) electrons. The van der Waals surface area contributed by atoms with Gasteiger partial charge >= 0.3 is 0 Å². The van der Waals surface area contributed by atoms with E-state index in [0.29, 0.717) is 0 Å². The molecule has 8 nitrogen and oxygen atoms in total. The number of aliphatic carboxylic acids is 1. The number of carbonyl (C=O) groups is 1. The number of hydrogen-bond donors (Lipinski definition) is 0. The minimum absolute atomic E-state index is 0.844. The lowest BCUT2D eigenvalue weighted by atomic mass is 9.88. The molecule has 0 saturated carbocycles. The second-order valence-corrected chi connectivity index (χ2v) is 18.9. The van der Waals surface area contributed by atoms with Crippen LogP contribution in [0.5, 0.6) is 0 Å². The van der Waals surface area contributed by atoms with Crippen LogP contribution in [0, 0.1) is 13.8 Å². The van der Waals surface area contributed by atoms with E-state index in [0.717, 1.165) is 33.1 Å². The SMILES string of the molecule is CC(=O)[O-].CCN(Cc1ccc(CN(CC)c2ccc(C(=C3C=CC(=[N+](C)C)C=C3)c3ccc(N(C)C)cc3)c(C)c2)cc1)c1ccc(C(=C2C=CC(=[N+](C)C)C=C2)c2ccc(N(C)C)cc2)c(C)c1. The molecule has 0 fully saturated rings. The van der Waals surface area contributed by atoms with Crippen LogP contribution in [0.4, 0.5) is 22.7 Å². The van der Waals surface area contributed by atoms with Gasteiger partial charge in [-0.25, -0.2) is 9.15 Å². The van der Waals surface area contributed by atoms with Crippen LogP contribution in [0.15, 0.2) is 169 Å². The number of benzene rings is 5. The predicted molar refractivity (Wildman–Crippen MR) is 297 cm³/mol.